The smallest absolute Gasteiger partial charge is 0.304 e. The van der Waals surface area contributed by atoms with Crippen LogP contribution in [0.25, 0.3) is 0 Å². The Labute approximate surface area is 93.9 Å². The van der Waals surface area contributed by atoms with E-state index in [1.807, 2.05) is 26.0 Å². The Balaban J connectivity index is 2.43. The minimum absolute atomic E-state index is 0.129. The van der Waals surface area contributed by atoms with Crippen molar-refractivity contribution in [2.45, 2.75) is 31.3 Å². The molecule has 0 spiro atoms. The Morgan fingerprint density at radius 1 is 1.67 bits per heavy atom. The summed E-state index contributed by atoms with van der Waals surface area (Å²) in [5.41, 5.74) is 2.20. The van der Waals surface area contributed by atoms with Crippen LogP contribution in [0.1, 0.15) is 24.6 Å². The van der Waals surface area contributed by atoms with Gasteiger partial charge in [0, 0.05) is 17.2 Å². The zero-order chi connectivity index (χ0) is 11.3. The third-order valence-electron chi connectivity index (χ3n) is 2.08. The number of thioether (sulfide) groups is 1. The average Bonchev–Trinajstić information content (AvgIpc) is 2.15. The van der Waals surface area contributed by atoms with Gasteiger partial charge < -0.3 is 5.11 Å². The minimum atomic E-state index is -0.743. The maximum atomic E-state index is 10.5. The van der Waals surface area contributed by atoms with E-state index < -0.39 is 5.97 Å². The van der Waals surface area contributed by atoms with Crippen molar-refractivity contribution < 1.29 is 9.90 Å². The molecule has 1 unspecified atom stereocenters. The molecule has 4 heteroatoms. The van der Waals surface area contributed by atoms with Gasteiger partial charge in [-0.2, -0.15) is 11.8 Å². The number of rotatable bonds is 5. The van der Waals surface area contributed by atoms with Gasteiger partial charge in [0.25, 0.3) is 0 Å². The van der Waals surface area contributed by atoms with Crippen molar-refractivity contribution in [1.82, 2.24) is 4.98 Å². The number of aliphatic carboxylic acids is 1. The number of aryl methyl sites for hydroxylation is 1. The third kappa shape index (κ3) is 4.34. The zero-order valence-electron chi connectivity index (χ0n) is 8.93. The number of nitrogens with zero attached hydrogens (tertiary/aromatic N) is 1. The molecule has 0 radical (unpaired) electrons. The Kier molecular flexibility index (Phi) is 4.62. The van der Waals surface area contributed by atoms with E-state index in [0.29, 0.717) is 0 Å². The number of pyridine rings is 1. The molecule has 0 bridgehead atoms. The summed E-state index contributed by atoms with van der Waals surface area (Å²) in [6.07, 6.45) is 1.97. The van der Waals surface area contributed by atoms with Crippen molar-refractivity contribution in [2.24, 2.45) is 0 Å². The average molecular weight is 225 g/mol. The minimum Gasteiger partial charge on any atom is -0.481 e. The quantitative estimate of drug-likeness (QED) is 0.836. The van der Waals surface area contributed by atoms with Crippen molar-refractivity contribution >= 4 is 17.7 Å². The van der Waals surface area contributed by atoms with Crippen LogP contribution in [0.4, 0.5) is 0 Å². The Hall–Kier alpha value is -1.03. The topological polar surface area (TPSA) is 50.2 Å². The summed E-state index contributed by atoms with van der Waals surface area (Å²) < 4.78 is 0. The van der Waals surface area contributed by atoms with Gasteiger partial charge in [0.15, 0.2) is 0 Å². The van der Waals surface area contributed by atoms with Gasteiger partial charge >= 0.3 is 5.97 Å². The number of aromatic nitrogens is 1. The number of carboxylic acids is 1. The third-order valence-corrected chi connectivity index (χ3v) is 3.26. The predicted molar refractivity (Wildman–Crippen MR) is 62.0 cm³/mol. The molecule has 0 aromatic carbocycles. The van der Waals surface area contributed by atoms with Gasteiger partial charge in [-0.3, -0.25) is 9.78 Å². The maximum Gasteiger partial charge on any atom is 0.304 e. The first-order valence-corrected chi connectivity index (χ1v) is 5.88. The number of hydrogen-bond acceptors (Lipinski definition) is 3. The molecular weight excluding hydrogens is 210 g/mol. The molecule has 0 fully saturated rings. The lowest BCUT2D eigenvalue weighted by molar-refractivity contribution is -0.136. The van der Waals surface area contributed by atoms with Crippen LogP contribution < -0.4 is 0 Å². The van der Waals surface area contributed by atoms with Crippen molar-refractivity contribution in [3.8, 4) is 0 Å². The van der Waals surface area contributed by atoms with Gasteiger partial charge in [-0.25, -0.2) is 0 Å². The van der Waals surface area contributed by atoms with Gasteiger partial charge in [-0.05, 0) is 18.6 Å². The van der Waals surface area contributed by atoms with Crippen LogP contribution in [-0.2, 0) is 10.5 Å². The monoisotopic (exact) mass is 225 g/mol. The lowest BCUT2D eigenvalue weighted by Crippen LogP contribution is -2.06. The summed E-state index contributed by atoms with van der Waals surface area (Å²) in [6.45, 7) is 3.95. The van der Waals surface area contributed by atoms with E-state index in [1.54, 1.807) is 18.0 Å². The lowest BCUT2D eigenvalue weighted by Gasteiger charge is -2.09. The summed E-state index contributed by atoms with van der Waals surface area (Å²) in [5, 5.41) is 8.74. The van der Waals surface area contributed by atoms with E-state index in [0.717, 1.165) is 17.0 Å². The molecule has 15 heavy (non-hydrogen) atoms. The summed E-state index contributed by atoms with van der Waals surface area (Å²) >= 11 is 1.63. The van der Waals surface area contributed by atoms with E-state index in [4.69, 9.17) is 5.11 Å². The van der Waals surface area contributed by atoms with Crippen LogP contribution in [-0.4, -0.2) is 21.3 Å². The fourth-order valence-electron chi connectivity index (χ4n) is 1.20. The molecule has 82 valence electrons. The van der Waals surface area contributed by atoms with Crippen molar-refractivity contribution in [3.05, 3.63) is 29.6 Å². The highest BCUT2D eigenvalue weighted by molar-refractivity contribution is 7.99. The fraction of sp³-hybridized carbons (Fsp3) is 0.455. The van der Waals surface area contributed by atoms with Crippen LogP contribution in [0.5, 0.6) is 0 Å². The summed E-state index contributed by atoms with van der Waals surface area (Å²) in [4.78, 5) is 14.7. The van der Waals surface area contributed by atoms with Crippen LogP contribution in [0.15, 0.2) is 18.3 Å². The van der Waals surface area contributed by atoms with Gasteiger partial charge in [0.2, 0.25) is 0 Å². The van der Waals surface area contributed by atoms with Crippen molar-refractivity contribution in [1.29, 1.82) is 0 Å². The van der Waals surface area contributed by atoms with Gasteiger partial charge in [0.1, 0.15) is 0 Å². The maximum absolute atomic E-state index is 10.5. The molecule has 0 saturated carbocycles. The molecule has 1 N–H and O–H groups in total. The molecule has 1 aromatic heterocycles. The normalized spacial score (nSPS) is 12.4. The molecule has 1 aromatic rings. The number of carboxylic acid groups (broad SMARTS) is 1. The predicted octanol–water partition coefficient (Wildman–Crippen LogP) is 2.49. The molecule has 0 aliphatic carbocycles. The molecule has 0 aliphatic rings. The van der Waals surface area contributed by atoms with Gasteiger partial charge in [-0.15, -0.1) is 0 Å². The standard InChI is InChI=1S/C11H15NO2S/c1-8-4-3-5-12-10(8)7-15-9(2)6-11(13)14/h3-5,9H,6-7H2,1-2H3,(H,13,14). The first kappa shape index (κ1) is 12.0. The second-order valence-corrected chi connectivity index (χ2v) is 4.91. The van der Waals surface area contributed by atoms with Crippen LogP contribution in [0.3, 0.4) is 0 Å². The van der Waals surface area contributed by atoms with Gasteiger partial charge in [-0.1, -0.05) is 13.0 Å². The summed E-state index contributed by atoms with van der Waals surface area (Å²) in [5.74, 6) is 0.0361. The molecule has 1 heterocycles. The molecule has 1 rings (SSSR count). The largest absolute Gasteiger partial charge is 0.481 e. The highest BCUT2D eigenvalue weighted by atomic mass is 32.2. The number of hydrogen-bond donors (Lipinski definition) is 1. The summed E-state index contributed by atoms with van der Waals surface area (Å²) in [7, 11) is 0. The van der Waals surface area contributed by atoms with E-state index in [9.17, 15) is 4.79 Å². The molecule has 0 saturated heterocycles. The van der Waals surface area contributed by atoms with E-state index in [1.165, 1.54) is 0 Å². The van der Waals surface area contributed by atoms with E-state index in [-0.39, 0.29) is 11.7 Å². The first-order valence-electron chi connectivity index (χ1n) is 4.83. The van der Waals surface area contributed by atoms with Crippen LogP contribution in [0.2, 0.25) is 0 Å². The Bertz CT molecular complexity index is 341. The van der Waals surface area contributed by atoms with Crippen molar-refractivity contribution in [2.75, 3.05) is 0 Å². The van der Waals surface area contributed by atoms with E-state index >= 15 is 0 Å². The first-order chi connectivity index (χ1) is 7.09. The van der Waals surface area contributed by atoms with Crippen LogP contribution >= 0.6 is 11.8 Å². The highest BCUT2D eigenvalue weighted by Gasteiger charge is 2.09. The molecule has 0 aliphatic heterocycles. The second kappa shape index (κ2) is 5.75. The lowest BCUT2D eigenvalue weighted by atomic mass is 10.2. The molecule has 3 nitrogen and oxygen atoms in total. The zero-order valence-corrected chi connectivity index (χ0v) is 9.75. The SMILES string of the molecule is Cc1cccnc1CSC(C)CC(=O)O. The highest BCUT2D eigenvalue weighted by Crippen LogP contribution is 2.20. The molecule has 1 atom stereocenters. The van der Waals surface area contributed by atoms with E-state index in [2.05, 4.69) is 4.98 Å². The second-order valence-electron chi connectivity index (χ2n) is 3.49. The fourth-order valence-corrected chi connectivity index (χ4v) is 2.20. The Morgan fingerprint density at radius 2 is 2.40 bits per heavy atom. The summed E-state index contributed by atoms with van der Waals surface area (Å²) in [6, 6.07) is 3.93. The van der Waals surface area contributed by atoms with Gasteiger partial charge in [0.05, 0.1) is 12.1 Å². The molecular formula is C11H15NO2S. The van der Waals surface area contributed by atoms with Crippen LogP contribution in [0, 0.1) is 6.92 Å². The Morgan fingerprint density at radius 3 is 3.00 bits per heavy atom. The van der Waals surface area contributed by atoms with Crippen molar-refractivity contribution in [3.63, 3.8) is 0 Å². The number of carbonyl (C=O) groups is 1. The molecule has 0 amide bonds.